The molecule has 0 radical (unpaired) electrons. The highest BCUT2D eigenvalue weighted by Crippen LogP contribution is 2.25. The van der Waals surface area contributed by atoms with Crippen molar-refractivity contribution in [2.75, 3.05) is 0 Å². The minimum atomic E-state index is -4.24. The van der Waals surface area contributed by atoms with Crippen LogP contribution in [0, 0.1) is 10.1 Å². The number of nitrogens with zero attached hydrogens (tertiary/aromatic N) is 3. The van der Waals surface area contributed by atoms with Gasteiger partial charge in [0.2, 0.25) is 4.90 Å². The minimum Gasteiger partial charge on any atom is -0.358 e. The first kappa shape index (κ1) is 14.8. The Kier molecular flexibility index (Phi) is 3.98. The van der Waals surface area contributed by atoms with Crippen LogP contribution in [0.4, 0.5) is 5.82 Å². The molecule has 0 spiro atoms. The summed E-state index contributed by atoms with van der Waals surface area (Å²) in [4.78, 5) is 9.24. The van der Waals surface area contributed by atoms with Gasteiger partial charge in [0.05, 0.1) is 17.8 Å². The van der Waals surface area contributed by atoms with E-state index in [4.69, 9.17) is 22.3 Å². The Bertz CT molecular complexity index is 773. The van der Waals surface area contributed by atoms with Crippen LogP contribution in [-0.2, 0) is 15.6 Å². The average Bonchev–Trinajstić information content (AvgIpc) is 2.73. The first-order valence-electron chi connectivity index (χ1n) is 5.18. The zero-order chi connectivity index (χ0) is 14.9. The van der Waals surface area contributed by atoms with Gasteiger partial charge in [0.25, 0.3) is 9.05 Å². The van der Waals surface area contributed by atoms with Gasteiger partial charge in [0.15, 0.2) is 0 Å². The third-order valence-corrected chi connectivity index (χ3v) is 3.93. The Morgan fingerprint density at radius 3 is 2.60 bits per heavy atom. The van der Waals surface area contributed by atoms with Gasteiger partial charge in [0.1, 0.15) is 0 Å². The summed E-state index contributed by atoms with van der Waals surface area (Å²) in [6.07, 6.45) is 1.02. The molecular weight excluding hydrogens is 329 g/mol. The summed E-state index contributed by atoms with van der Waals surface area (Å²) < 4.78 is 23.7. The topological polar surface area (TPSA) is 95.1 Å². The summed E-state index contributed by atoms with van der Waals surface area (Å²) in [7, 11) is 0.906. The summed E-state index contributed by atoms with van der Waals surface area (Å²) in [5.41, 5.74) is 0.716. The van der Waals surface area contributed by atoms with E-state index < -0.39 is 24.7 Å². The molecule has 0 aliphatic heterocycles. The molecule has 7 nitrogen and oxygen atoms in total. The fourth-order valence-corrected chi connectivity index (χ4v) is 2.72. The molecule has 1 heterocycles. The molecule has 10 heteroatoms. The second-order valence-corrected chi connectivity index (χ2v) is 6.81. The van der Waals surface area contributed by atoms with E-state index in [2.05, 4.69) is 5.10 Å². The monoisotopic (exact) mass is 335 g/mol. The smallest absolute Gasteiger partial charge is 0.358 e. The number of rotatable bonds is 4. The predicted molar refractivity (Wildman–Crippen MR) is 72.5 cm³/mol. The molecule has 0 amide bonds. The molecule has 2 aromatic rings. The van der Waals surface area contributed by atoms with Crippen LogP contribution in [-0.4, -0.2) is 23.1 Å². The molecule has 0 aliphatic carbocycles. The van der Waals surface area contributed by atoms with Crippen LogP contribution >= 0.6 is 22.3 Å². The van der Waals surface area contributed by atoms with Crippen molar-refractivity contribution in [2.24, 2.45) is 0 Å². The van der Waals surface area contributed by atoms with Crippen LogP contribution < -0.4 is 0 Å². The van der Waals surface area contributed by atoms with Gasteiger partial charge in [-0.2, -0.15) is 4.68 Å². The Balaban J connectivity index is 2.42. The molecule has 1 aromatic carbocycles. The van der Waals surface area contributed by atoms with E-state index in [0.29, 0.717) is 10.6 Å². The zero-order valence-electron chi connectivity index (χ0n) is 9.73. The van der Waals surface area contributed by atoms with Gasteiger partial charge in [-0.05, 0) is 22.6 Å². The van der Waals surface area contributed by atoms with E-state index in [1.165, 1.54) is 0 Å². The van der Waals surface area contributed by atoms with Crippen molar-refractivity contribution < 1.29 is 13.3 Å². The van der Waals surface area contributed by atoms with E-state index >= 15 is 0 Å². The summed E-state index contributed by atoms with van der Waals surface area (Å²) in [5.74, 6) is -0.804. The second-order valence-electron chi connectivity index (χ2n) is 3.84. The SMILES string of the molecule is O=[N+]([O-])c1nn(Cc2cccc(Cl)c2)cc1S(=O)(=O)Cl. The van der Waals surface area contributed by atoms with Gasteiger partial charge in [-0.25, -0.2) is 8.42 Å². The van der Waals surface area contributed by atoms with Crippen molar-refractivity contribution in [1.82, 2.24) is 9.78 Å². The number of aromatic nitrogens is 2. The maximum Gasteiger partial charge on any atom is 0.410 e. The van der Waals surface area contributed by atoms with E-state index in [-0.39, 0.29) is 6.54 Å². The maximum absolute atomic E-state index is 11.3. The lowest BCUT2D eigenvalue weighted by Crippen LogP contribution is -2.01. The Labute approximate surface area is 123 Å². The van der Waals surface area contributed by atoms with E-state index in [0.717, 1.165) is 10.9 Å². The summed E-state index contributed by atoms with van der Waals surface area (Å²) in [6.45, 7) is 0.133. The van der Waals surface area contributed by atoms with Crippen molar-refractivity contribution in [3.8, 4) is 0 Å². The highest BCUT2D eigenvalue weighted by molar-refractivity contribution is 8.13. The summed E-state index contributed by atoms with van der Waals surface area (Å²) >= 11 is 5.82. The van der Waals surface area contributed by atoms with Crippen LogP contribution in [0.1, 0.15) is 5.56 Å². The molecule has 0 unspecified atom stereocenters. The zero-order valence-corrected chi connectivity index (χ0v) is 12.1. The summed E-state index contributed by atoms with van der Waals surface area (Å²) in [6, 6.07) is 6.75. The van der Waals surface area contributed by atoms with Crippen molar-refractivity contribution >= 4 is 37.2 Å². The van der Waals surface area contributed by atoms with Crippen LogP contribution in [0.3, 0.4) is 0 Å². The standard InChI is InChI=1S/C10H7Cl2N3O4S/c11-8-3-1-2-7(4-8)5-14-6-9(20(12,18)19)10(13-14)15(16)17/h1-4,6H,5H2. The molecule has 0 atom stereocenters. The van der Waals surface area contributed by atoms with Gasteiger partial charge >= 0.3 is 5.82 Å². The highest BCUT2D eigenvalue weighted by atomic mass is 35.7. The molecule has 2 rings (SSSR count). The van der Waals surface area contributed by atoms with Gasteiger partial charge in [-0.1, -0.05) is 23.7 Å². The molecule has 0 fully saturated rings. The van der Waals surface area contributed by atoms with Gasteiger partial charge in [-0.3, -0.25) is 0 Å². The summed E-state index contributed by atoms with van der Waals surface area (Å²) in [5, 5.41) is 14.9. The Morgan fingerprint density at radius 2 is 2.10 bits per heavy atom. The van der Waals surface area contributed by atoms with Crippen molar-refractivity contribution in [3.05, 3.63) is 51.2 Å². The average molecular weight is 336 g/mol. The normalized spacial score (nSPS) is 11.5. The van der Waals surface area contributed by atoms with Crippen LogP contribution in [0.2, 0.25) is 5.02 Å². The van der Waals surface area contributed by atoms with Gasteiger partial charge in [-0.15, -0.1) is 0 Å². The van der Waals surface area contributed by atoms with Crippen molar-refractivity contribution in [3.63, 3.8) is 0 Å². The molecule has 0 N–H and O–H groups in total. The molecule has 0 aliphatic rings. The number of halogens is 2. The van der Waals surface area contributed by atoms with Crippen LogP contribution in [0.5, 0.6) is 0 Å². The van der Waals surface area contributed by atoms with Gasteiger partial charge < -0.3 is 10.1 Å². The molecule has 0 bridgehead atoms. The largest absolute Gasteiger partial charge is 0.410 e. The molecule has 20 heavy (non-hydrogen) atoms. The van der Waals surface area contributed by atoms with E-state index in [1.54, 1.807) is 24.3 Å². The first-order valence-corrected chi connectivity index (χ1v) is 7.87. The number of nitro groups is 1. The van der Waals surface area contributed by atoms with E-state index in [9.17, 15) is 18.5 Å². The molecule has 1 aromatic heterocycles. The number of hydrogen-bond donors (Lipinski definition) is 0. The molecule has 106 valence electrons. The van der Waals surface area contributed by atoms with Crippen LogP contribution in [0.25, 0.3) is 0 Å². The first-order chi connectivity index (χ1) is 9.27. The fourth-order valence-electron chi connectivity index (χ4n) is 1.59. The van der Waals surface area contributed by atoms with E-state index in [1.807, 2.05) is 0 Å². The molecular formula is C10H7Cl2N3O4S. The predicted octanol–water partition coefficient (Wildman–Crippen LogP) is 2.42. The molecule has 0 saturated heterocycles. The molecule has 0 saturated carbocycles. The lowest BCUT2D eigenvalue weighted by molar-refractivity contribution is -0.392. The van der Waals surface area contributed by atoms with Gasteiger partial charge in [0, 0.05) is 15.7 Å². The van der Waals surface area contributed by atoms with Crippen molar-refractivity contribution in [1.29, 1.82) is 0 Å². The number of benzene rings is 1. The third-order valence-electron chi connectivity index (χ3n) is 2.38. The Hall–Kier alpha value is -1.64. The highest BCUT2D eigenvalue weighted by Gasteiger charge is 2.29. The lowest BCUT2D eigenvalue weighted by atomic mass is 10.2. The lowest BCUT2D eigenvalue weighted by Gasteiger charge is -1.98. The minimum absolute atomic E-state index is 0.133. The van der Waals surface area contributed by atoms with Crippen LogP contribution in [0.15, 0.2) is 35.4 Å². The second kappa shape index (κ2) is 5.39. The quantitative estimate of drug-likeness (QED) is 0.485. The maximum atomic E-state index is 11.3. The fraction of sp³-hybridized carbons (Fsp3) is 0.100. The third kappa shape index (κ3) is 3.27. The number of hydrogen-bond acceptors (Lipinski definition) is 5. The van der Waals surface area contributed by atoms with Crippen molar-refractivity contribution in [2.45, 2.75) is 11.4 Å². The Morgan fingerprint density at radius 1 is 1.40 bits per heavy atom.